The van der Waals surface area contributed by atoms with Gasteiger partial charge in [-0.25, -0.2) is 0 Å². The fourth-order valence-corrected chi connectivity index (χ4v) is 3.95. The van der Waals surface area contributed by atoms with Crippen molar-refractivity contribution < 1.29 is 4.79 Å². The Morgan fingerprint density at radius 1 is 1.50 bits per heavy atom. The number of carbonyl (C=O) groups is 1. The van der Waals surface area contributed by atoms with E-state index in [0.717, 1.165) is 25.1 Å². The summed E-state index contributed by atoms with van der Waals surface area (Å²) in [6.07, 6.45) is 8.51. The fourth-order valence-electron chi connectivity index (χ4n) is 3.95. The first-order valence-electron chi connectivity index (χ1n) is 7.56. The van der Waals surface area contributed by atoms with Crippen LogP contribution in [0.25, 0.3) is 0 Å². The predicted molar refractivity (Wildman–Crippen MR) is 91.4 cm³/mol. The third kappa shape index (κ3) is 3.42. The minimum absolute atomic E-state index is 0. The van der Waals surface area contributed by atoms with Crippen LogP contribution in [0.2, 0.25) is 0 Å². The number of hydrogen-bond acceptors (Lipinski definition) is 3. The Hall–Kier alpha value is -0.780. The van der Waals surface area contributed by atoms with Crippen LogP contribution in [0.1, 0.15) is 31.2 Å². The number of amides is 1. The third-order valence-electron chi connectivity index (χ3n) is 4.99. The summed E-state index contributed by atoms with van der Waals surface area (Å²) in [6, 6.07) is 0. The van der Waals surface area contributed by atoms with Crippen molar-refractivity contribution in [3.8, 4) is 0 Å². The molecule has 0 spiro atoms. The minimum Gasteiger partial charge on any atom is -0.341 e. The topological polar surface area (TPSA) is 50.2 Å². The van der Waals surface area contributed by atoms with Crippen LogP contribution in [0.5, 0.6) is 0 Å². The highest BCUT2D eigenvalue weighted by molar-refractivity contribution is 5.85. The molecule has 1 aromatic rings. The van der Waals surface area contributed by atoms with Gasteiger partial charge in [-0.3, -0.25) is 9.48 Å². The monoisotopic (exact) mass is 348 g/mol. The number of aromatic nitrogens is 2. The minimum atomic E-state index is -0.144. The van der Waals surface area contributed by atoms with Crippen LogP contribution in [0.4, 0.5) is 0 Å². The van der Waals surface area contributed by atoms with Gasteiger partial charge in [0.15, 0.2) is 0 Å². The number of carbonyl (C=O) groups excluding carboxylic acids is 1. The standard InChI is InChI=1S/C15H24N4O.2ClH/c1-18(9-12-7-17-19(2)10-12)14(20)15-6-4-3-5-13(15)8-16-11-15;;/h7,10,13,16H,3-6,8-9,11H2,1-2H3;2*1H/t13-,15+;;/m0../s1. The summed E-state index contributed by atoms with van der Waals surface area (Å²) in [6.45, 7) is 2.52. The molecule has 0 bridgehead atoms. The van der Waals surface area contributed by atoms with Gasteiger partial charge in [-0.05, 0) is 25.3 Å². The lowest BCUT2D eigenvalue weighted by molar-refractivity contribution is -0.144. The number of aryl methyl sites for hydroxylation is 1. The van der Waals surface area contributed by atoms with Gasteiger partial charge >= 0.3 is 0 Å². The van der Waals surface area contributed by atoms with Crippen molar-refractivity contribution in [1.29, 1.82) is 0 Å². The van der Waals surface area contributed by atoms with Gasteiger partial charge in [0.25, 0.3) is 0 Å². The second-order valence-electron chi connectivity index (χ2n) is 6.41. The summed E-state index contributed by atoms with van der Waals surface area (Å²) in [5.41, 5.74) is 0.952. The SMILES string of the molecule is CN(Cc1cnn(C)c1)C(=O)[C@@]12CCCC[C@H]1CNC2.Cl.Cl. The molecule has 1 aliphatic carbocycles. The van der Waals surface area contributed by atoms with Crippen molar-refractivity contribution in [2.75, 3.05) is 20.1 Å². The molecule has 5 nitrogen and oxygen atoms in total. The smallest absolute Gasteiger partial charge is 0.230 e. The Labute approximate surface area is 144 Å². The number of nitrogens with one attached hydrogen (secondary N) is 1. The first-order valence-corrected chi connectivity index (χ1v) is 7.56. The third-order valence-corrected chi connectivity index (χ3v) is 4.99. The van der Waals surface area contributed by atoms with E-state index in [0.29, 0.717) is 18.4 Å². The van der Waals surface area contributed by atoms with Crippen LogP contribution in [0.15, 0.2) is 12.4 Å². The van der Waals surface area contributed by atoms with E-state index >= 15 is 0 Å². The molecule has 1 amide bonds. The molecule has 2 fully saturated rings. The Bertz CT molecular complexity index is 507. The Kier molecular flexibility index (Phi) is 6.71. The maximum absolute atomic E-state index is 13.0. The molecule has 0 radical (unpaired) electrons. The van der Waals surface area contributed by atoms with Crippen LogP contribution in [0.3, 0.4) is 0 Å². The van der Waals surface area contributed by atoms with Crippen molar-refractivity contribution >= 4 is 30.7 Å². The molecule has 22 heavy (non-hydrogen) atoms. The Balaban J connectivity index is 0.00000121. The van der Waals surface area contributed by atoms with Gasteiger partial charge in [0.1, 0.15) is 0 Å². The van der Waals surface area contributed by atoms with Crippen molar-refractivity contribution in [3.63, 3.8) is 0 Å². The van der Waals surface area contributed by atoms with E-state index in [1.807, 2.05) is 31.4 Å². The van der Waals surface area contributed by atoms with E-state index in [1.54, 1.807) is 4.68 Å². The number of hydrogen-bond donors (Lipinski definition) is 1. The van der Waals surface area contributed by atoms with Crippen molar-refractivity contribution in [2.45, 2.75) is 32.2 Å². The van der Waals surface area contributed by atoms with Gasteiger partial charge in [0.2, 0.25) is 5.91 Å². The average Bonchev–Trinajstić information content (AvgIpc) is 3.04. The maximum atomic E-state index is 13.0. The normalized spacial score (nSPS) is 26.5. The lowest BCUT2D eigenvalue weighted by atomic mass is 9.67. The molecule has 1 saturated heterocycles. The summed E-state index contributed by atoms with van der Waals surface area (Å²) >= 11 is 0. The van der Waals surface area contributed by atoms with Crippen molar-refractivity contribution in [2.24, 2.45) is 18.4 Å². The van der Waals surface area contributed by atoms with Gasteiger partial charge < -0.3 is 10.2 Å². The molecule has 2 atom stereocenters. The molecule has 2 heterocycles. The predicted octanol–water partition coefficient (Wildman–Crippen LogP) is 2.00. The molecule has 7 heteroatoms. The summed E-state index contributed by atoms with van der Waals surface area (Å²) < 4.78 is 1.78. The molecular weight excluding hydrogens is 323 g/mol. The van der Waals surface area contributed by atoms with E-state index in [-0.39, 0.29) is 30.2 Å². The van der Waals surface area contributed by atoms with Gasteiger partial charge in [-0.15, -0.1) is 24.8 Å². The largest absolute Gasteiger partial charge is 0.341 e. The molecule has 1 N–H and O–H groups in total. The van der Waals surface area contributed by atoms with E-state index in [2.05, 4.69) is 10.4 Å². The van der Waals surface area contributed by atoms with E-state index in [9.17, 15) is 4.79 Å². The summed E-state index contributed by atoms with van der Waals surface area (Å²) in [4.78, 5) is 14.9. The van der Waals surface area contributed by atoms with Crippen LogP contribution in [0, 0.1) is 11.3 Å². The zero-order chi connectivity index (χ0) is 14.2. The van der Waals surface area contributed by atoms with Gasteiger partial charge in [-0.2, -0.15) is 5.10 Å². The number of rotatable bonds is 3. The van der Waals surface area contributed by atoms with Crippen molar-refractivity contribution in [1.82, 2.24) is 20.0 Å². The van der Waals surface area contributed by atoms with Crippen LogP contribution >= 0.6 is 24.8 Å². The molecule has 126 valence electrons. The Morgan fingerprint density at radius 2 is 2.27 bits per heavy atom. The van der Waals surface area contributed by atoms with E-state index in [4.69, 9.17) is 0 Å². The van der Waals surface area contributed by atoms with E-state index in [1.165, 1.54) is 19.3 Å². The van der Waals surface area contributed by atoms with Gasteiger partial charge in [-0.1, -0.05) is 12.8 Å². The van der Waals surface area contributed by atoms with Gasteiger partial charge in [0, 0.05) is 38.9 Å². The average molecular weight is 349 g/mol. The lowest BCUT2D eigenvalue weighted by Gasteiger charge is -2.39. The highest BCUT2D eigenvalue weighted by Gasteiger charge is 2.50. The quantitative estimate of drug-likeness (QED) is 0.908. The Morgan fingerprint density at radius 3 is 2.95 bits per heavy atom. The highest BCUT2D eigenvalue weighted by atomic mass is 35.5. The van der Waals surface area contributed by atoms with E-state index < -0.39 is 0 Å². The lowest BCUT2D eigenvalue weighted by Crippen LogP contribution is -2.48. The first kappa shape index (κ1) is 19.3. The number of halogens is 2. The molecular formula is C15H26Cl2N4O. The second-order valence-corrected chi connectivity index (χ2v) is 6.41. The highest BCUT2D eigenvalue weighted by Crippen LogP contribution is 2.45. The van der Waals surface area contributed by atoms with Crippen LogP contribution in [-0.2, 0) is 18.4 Å². The molecule has 0 unspecified atom stereocenters. The van der Waals surface area contributed by atoms with Gasteiger partial charge in [0.05, 0.1) is 11.6 Å². The molecule has 2 aliphatic rings. The molecule has 0 aromatic carbocycles. The number of nitrogens with zero attached hydrogens (tertiary/aromatic N) is 3. The summed E-state index contributed by atoms with van der Waals surface area (Å²) in [7, 11) is 3.83. The number of fused-ring (bicyclic) bond motifs is 1. The second kappa shape index (κ2) is 7.66. The molecule has 1 aromatic heterocycles. The molecule has 1 saturated carbocycles. The van der Waals surface area contributed by atoms with Crippen molar-refractivity contribution in [3.05, 3.63) is 18.0 Å². The molecule has 1 aliphatic heterocycles. The van der Waals surface area contributed by atoms with Crippen LogP contribution < -0.4 is 5.32 Å². The van der Waals surface area contributed by atoms with Crippen LogP contribution in [-0.4, -0.2) is 40.7 Å². The summed E-state index contributed by atoms with van der Waals surface area (Å²) in [5.74, 6) is 0.844. The maximum Gasteiger partial charge on any atom is 0.230 e. The zero-order valence-electron chi connectivity index (χ0n) is 13.2. The zero-order valence-corrected chi connectivity index (χ0v) is 14.9. The summed E-state index contributed by atoms with van der Waals surface area (Å²) in [5, 5.41) is 7.62. The molecule has 3 rings (SSSR count). The first-order chi connectivity index (χ1) is 9.62. The fraction of sp³-hybridized carbons (Fsp3) is 0.733.